The van der Waals surface area contributed by atoms with Gasteiger partial charge in [-0.15, -0.1) is 0 Å². The van der Waals surface area contributed by atoms with Gasteiger partial charge in [0.15, 0.2) is 6.10 Å². The first-order chi connectivity index (χ1) is 12.3. The molecule has 25 heavy (non-hydrogen) atoms. The van der Waals surface area contributed by atoms with Gasteiger partial charge in [0.25, 0.3) is 0 Å². The Bertz CT molecular complexity index is 827. The van der Waals surface area contributed by atoms with Crippen LogP contribution in [0.25, 0.3) is 6.08 Å². The van der Waals surface area contributed by atoms with Crippen molar-refractivity contribution < 1.29 is 4.84 Å². The zero-order valence-electron chi connectivity index (χ0n) is 13.6. The lowest BCUT2D eigenvalue weighted by atomic mass is 10.1. The number of rotatable bonds is 6. The van der Waals surface area contributed by atoms with Crippen molar-refractivity contribution in [3.63, 3.8) is 0 Å². The number of oxime groups is 1. The van der Waals surface area contributed by atoms with Gasteiger partial charge in [0.1, 0.15) is 0 Å². The van der Waals surface area contributed by atoms with E-state index in [2.05, 4.69) is 17.3 Å². The maximum atomic E-state index is 5.89. The summed E-state index contributed by atoms with van der Waals surface area (Å²) < 4.78 is 0. The molecule has 0 fully saturated rings. The fraction of sp³-hybridized carbons (Fsp3) is 0.0455. The molecule has 3 rings (SSSR count). The highest BCUT2D eigenvalue weighted by molar-refractivity contribution is 6.30. The number of hydrogen-bond donors (Lipinski definition) is 0. The first-order valence-corrected chi connectivity index (χ1v) is 8.42. The molecular weight excluding hydrogens is 330 g/mol. The topological polar surface area (TPSA) is 21.6 Å². The Labute approximate surface area is 153 Å². The van der Waals surface area contributed by atoms with Crippen molar-refractivity contribution in [2.75, 3.05) is 0 Å². The molecule has 0 saturated carbocycles. The predicted molar refractivity (Wildman–Crippen MR) is 105 cm³/mol. The molecule has 0 N–H and O–H groups in total. The first-order valence-electron chi connectivity index (χ1n) is 8.04. The van der Waals surface area contributed by atoms with E-state index >= 15 is 0 Å². The van der Waals surface area contributed by atoms with Gasteiger partial charge >= 0.3 is 0 Å². The molecule has 3 aromatic rings. The van der Waals surface area contributed by atoms with Gasteiger partial charge in [-0.1, -0.05) is 95.6 Å². The van der Waals surface area contributed by atoms with Crippen molar-refractivity contribution in [2.45, 2.75) is 6.10 Å². The quantitative estimate of drug-likeness (QED) is 0.387. The number of halogens is 1. The van der Waals surface area contributed by atoms with Crippen LogP contribution in [0.1, 0.15) is 22.8 Å². The fourth-order valence-corrected chi connectivity index (χ4v) is 2.44. The second-order valence-corrected chi connectivity index (χ2v) is 5.93. The minimum atomic E-state index is -0.259. The molecule has 1 atom stereocenters. The molecule has 0 unspecified atom stereocenters. The highest BCUT2D eigenvalue weighted by Crippen LogP contribution is 2.20. The summed E-state index contributed by atoms with van der Waals surface area (Å²) in [5, 5.41) is 4.84. The highest BCUT2D eigenvalue weighted by Gasteiger charge is 2.08. The van der Waals surface area contributed by atoms with Crippen LogP contribution in [0.15, 0.2) is 96.2 Å². The smallest absolute Gasteiger partial charge is 0.171 e. The highest BCUT2D eigenvalue weighted by atomic mass is 35.5. The lowest BCUT2D eigenvalue weighted by Crippen LogP contribution is -1.97. The number of benzene rings is 3. The monoisotopic (exact) mass is 347 g/mol. The zero-order valence-corrected chi connectivity index (χ0v) is 14.4. The Morgan fingerprint density at radius 1 is 0.760 bits per heavy atom. The maximum Gasteiger partial charge on any atom is 0.171 e. The molecule has 2 nitrogen and oxygen atoms in total. The van der Waals surface area contributed by atoms with Crippen molar-refractivity contribution in [1.82, 2.24) is 0 Å². The van der Waals surface area contributed by atoms with Gasteiger partial charge in [0.2, 0.25) is 0 Å². The van der Waals surface area contributed by atoms with Crippen LogP contribution in [0, 0.1) is 0 Å². The van der Waals surface area contributed by atoms with E-state index in [1.807, 2.05) is 84.9 Å². The minimum absolute atomic E-state index is 0.259. The van der Waals surface area contributed by atoms with Crippen molar-refractivity contribution in [3.05, 3.63) is 113 Å². The van der Waals surface area contributed by atoms with E-state index in [1.54, 1.807) is 6.21 Å². The average molecular weight is 348 g/mol. The van der Waals surface area contributed by atoms with Crippen LogP contribution in [-0.4, -0.2) is 6.21 Å². The van der Waals surface area contributed by atoms with Crippen LogP contribution in [-0.2, 0) is 4.84 Å². The molecule has 0 amide bonds. The van der Waals surface area contributed by atoms with Crippen LogP contribution in [0.2, 0.25) is 5.02 Å². The molecule has 0 aromatic heterocycles. The summed E-state index contributed by atoms with van der Waals surface area (Å²) in [5.41, 5.74) is 3.10. The zero-order chi connectivity index (χ0) is 17.3. The van der Waals surface area contributed by atoms with E-state index in [9.17, 15) is 0 Å². The summed E-state index contributed by atoms with van der Waals surface area (Å²) in [7, 11) is 0. The standard InChI is InChI=1S/C22H18ClNO/c23-21-14-11-19(12-15-21)17-24-25-22(20-9-5-2-6-10-20)16-13-18-7-3-1-4-8-18/h1-17,22H/b16-13+,24-17+/t22-/m0/s1. The first kappa shape index (κ1) is 17.0. The molecule has 124 valence electrons. The SMILES string of the molecule is Clc1ccc(/C=N/O[C@@H](/C=C/c2ccccc2)c2ccccc2)cc1. The van der Waals surface area contributed by atoms with Gasteiger partial charge in [0.05, 0.1) is 6.21 Å². The summed E-state index contributed by atoms with van der Waals surface area (Å²) in [4.78, 5) is 5.73. The third-order valence-electron chi connectivity index (χ3n) is 3.64. The Hall–Kier alpha value is -2.84. The predicted octanol–water partition coefficient (Wildman–Crippen LogP) is 6.15. The van der Waals surface area contributed by atoms with Crippen LogP contribution in [0.5, 0.6) is 0 Å². The molecular formula is C22H18ClNO. The summed E-state index contributed by atoms with van der Waals surface area (Å²) in [6.07, 6.45) is 5.46. The van der Waals surface area contributed by atoms with Gasteiger partial charge in [-0.3, -0.25) is 0 Å². The van der Waals surface area contributed by atoms with Gasteiger partial charge in [-0.25, -0.2) is 0 Å². The van der Waals surface area contributed by atoms with E-state index in [-0.39, 0.29) is 6.10 Å². The molecule has 3 aromatic carbocycles. The van der Waals surface area contributed by atoms with E-state index in [4.69, 9.17) is 16.4 Å². The molecule has 3 heteroatoms. The second kappa shape index (κ2) is 8.86. The van der Waals surface area contributed by atoms with Crippen molar-refractivity contribution in [1.29, 1.82) is 0 Å². The van der Waals surface area contributed by atoms with Gasteiger partial charge in [0, 0.05) is 5.02 Å². The largest absolute Gasteiger partial charge is 0.383 e. The Morgan fingerprint density at radius 2 is 1.40 bits per heavy atom. The number of nitrogens with zero attached hydrogens (tertiary/aromatic N) is 1. The molecule has 0 aliphatic heterocycles. The Balaban J connectivity index is 1.74. The number of hydrogen-bond acceptors (Lipinski definition) is 2. The minimum Gasteiger partial charge on any atom is -0.383 e. The molecule has 0 aliphatic carbocycles. The second-order valence-electron chi connectivity index (χ2n) is 5.49. The van der Waals surface area contributed by atoms with Gasteiger partial charge in [-0.2, -0.15) is 0 Å². The van der Waals surface area contributed by atoms with Crippen molar-refractivity contribution in [2.24, 2.45) is 5.16 Å². The summed E-state index contributed by atoms with van der Waals surface area (Å²) in [6, 6.07) is 27.6. The normalized spacial score (nSPS) is 12.5. The van der Waals surface area contributed by atoms with E-state index in [1.165, 1.54) is 0 Å². The van der Waals surface area contributed by atoms with Gasteiger partial charge in [-0.05, 0) is 34.9 Å². The molecule has 0 spiro atoms. The van der Waals surface area contributed by atoms with Gasteiger partial charge < -0.3 is 4.84 Å². The van der Waals surface area contributed by atoms with Crippen LogP contribution < -0.4 is 0 Å². The third kappa shape index (κ3) is 5.33. The van der Waals surface area contributed by atoms with Crippen molar-refractivity contribution in [3.8, 4) is 0 Å². The van der Waals surface area contributed by atoms with E-state index in [0.717, 1.165) is 16.7 Å². The summed E-state index contributed by atoms with van der Waals surface area (Å²) >= 11 is 5.89. The van der Waals surface area contributed by atoms with Crippen LogP contribution >= 0.6 is 11.6 Å². The summed E-state index contributed by atoms with van der Waals surface area (Å²) in [5.74, 6) is 0. The third-order valence-corrected chi connectivity index (χ3v) is 3.89. The maximum absolute atomic E-state index is 5.89. The van der Waals surface area contributed by atoms with Crippen molar-refractivity contribution >= 4 is 23.9 Å². The Morgan fingerprint density at radius 3 is 2.08 bits per heavy atom. The lowest BCUT2D eigenvalue weighted by Gasteiger charge is -2.11. The van der Waals surface area contributed by atoms with Crippen LogP contribution in [0.3, 0.4) is 0 Å². The Kier molecular flexibility index (Phi) is 6.02. The summed E-state index contributed by atoms with van der Waals surface area (Å²) in [6.45, 7) is 0. The molecule has 0 bridgehead atoms. The van der Waals surface area contributed by atoms with E-state index < -0.39 is 0 Å². The molecule has 0 aliphatic rings. The van der Waals surface area contributed by atoms with Crippen LogP contribution in [0.4, 0.5) is 0 Å². The fourth-order valence-electron chi connectivity index (χ4n) is 2.32. The average Bonchev–Trinajstić information content (AvgIpc) is 2.67. The molecule has 0 heterocycles. The molecule has 0 radical (unpaired) electrons. The van der Waals surface area contributed by atoms with E-state index in [0.29, 0.717) is 5.02 Å². The lowest BCUT2D eigenvalue weighted by molar-refractivity contribution is 0.0948. The molecule has 0 saturated heterocycles.